The summed E-state index contributed by atoms with van der Waals surface area (Å²) >= 11 is 0. The average molecular weight is 287 g/mol. The van der Waals surface area contributed by atoms with Gasteiger partial charge in [-0.3, -0.25) is 9.78 Å². The Bertz CT molecular complexity index is 659. The topological polar surface area (TPSA) is 115 Å². The van der Waals surface area contributed by atoms with Gasteiger partial charge in [0.15, 0.2) is 6.61 Å². The maximum absolute atomic E-state index is 10.8. The van der Waals surface area contributed by atoms with E-state index in [-0.39, 0.29) is 18.1 Å². The molecule has 1 amide bonds. The van der Waals surface area contributed by atoms with E-state index >= 15 is 0 Å². The number of nitrogen functional groups attached to an aromatic ring is 1. The average Bonchev–Trinajstić information content (AvgIpc) is 2.49. The molecule has 0 aliphatic carbocycles. The lowest BCUT2D eigenvalue weighted by Gasteiger charge is -2.17. The molecule has 2 heterocycles. The van der Waals surface area contributed by atoms with Crippen LogP contribution in [0.4, 0.5) is 11.4 Å². The number of carboxylic acid groups (broad SMARTS) is 1. The summed E-state index contributed by atoms with van der Waals surface area (Å²) in [6.07, 6.45) is 2.84. The number of carboxylic acids is 1. The maximum Gasteiger partial charge on any atom is 0.337 e. The summed E-state index contributed by atoms with van der Waals surface area (Å²) in [5, 5.41) is 11.0. The van der Waals surface area contributed by atoms with Gasteiger partial charge in [-0.25, -0.2) is 4.79 Å². The Morgan fingerprint density at radius 3 is 2.81 bits per heavy atom. The Morgan fingerprint density at radius 1 is 1.38 bits per heavy atom. The minimum atomic E-state index is -0.942. The molecule has 1 aliphatic heterocycles. The highest BCUT2D eigenvalue weighted by Crippen LogP contribution is 2.29. The first kappa shape index (κ1) is 14.3. The van der Waals surface area contributed by atoms with E-state index in [4.69, 9.17) is 15.6 Å². The van der Waals surface area contributed by atoms with Gasteiger partial charge in [0.2, 0.25) is 0 Å². The summed E-state index contributed by atoms with van der Waals surface area (Å²) < 4.78 is 5.12. The van der Waals surface area contributed by atoms with Gasteiger partial charge in [0, 0.05) is 24.1 Å². The van der Waals surface area contributed by atoms with Crippen molar-refractivity contribution in [2.75, 3.05) is 17.7 Å². The molecule has 0 fully saturated rings. The number of fused-ring (bicyclic) bond motifs is 1. The highest BCUT2D eigenvalue weighted by Gasteiger charge is 2.14. The predicted molar refractivity (Wildman–Crippen MR) is 76.2 cm³/mol. The molecule has 0 radical (unpaired) electrons. The molecule has 21 heavy (non-hydrogen) atoms. The van der Waals surface area contributed by atoms with Crippen LogP contribution in [0.5, 0.6) is 5.75 Å². The summed E-state index contributed by atoms with van der Waals surface area (Å²) in [5.41, 5.74) is 7.05. The molecule has 4 N–H and O–H groups in total. The van der Waals surface area contributed by atoms with E-state index in [0.29, 0.717) is 17.1 Å². The van der Waals surface area contributed by atoms with Crippen LogP contribution in [0.2, 0.25) is 0 Å². The Balaban J connectivity index is 0.000000161. The smallest absolute Gasteiger partial charge is 0.337 e. The third-order valence-electron chi connectivity index (χ3n) is 2.55. The lowest BCUT2D eigenvalue weighted by atomic mass is 10.2. The van der Waals surface area contributed by atoms with E-state index in [2.05, 4.69) is 10.3 Å². The minimum absolute atomic E-state index is 0.0659. The van der Waals surface area contributed by atoms with E-state index in [1.54, 1.807) is 24.3 Å². The molecule has 0 saturated heterocycles. The predicted octanol–water partition coefficient (Wildman–Crippen LogP) is 1.38. The van der Waals surface area contributed by atoms with Crippen molar-refractivity contribution in [2.24, 2.45) is 0 Å². The molecular weight excluding hydrogens is 274 g/mol. The number of nitrogens with zero attached hydrogens (tertiary/aromatic N) is 1. The molecule has 1 aromatic heterocycles. The van der Waals surface area contributed by atoms with Crippen molar-refractivity contribution in [3.8, 4) is 5.75 Å². The van der Waals surface area contributed by atoms with Crippen LogP contribution in [0.25, 0.3) is 0 Å². The number of nitrogens with one attached hydrogen (secondary N) is 1. The number of carbonyl (C=O) groups is 2. The van der Waals surface area contributed by atoms with E-state index in [9.17, 15) is 9.59 Å². The van der Waals surface area contributed by atoms with Crippen molar-refractivity contribution in [1.29, 1.82) is 0 Å². The lowest BCUT2D eigenvalue weighted by Crippen LogP contribution is -2.25. The molecule has 1 aromatic carbocycles. The lowest BCUT2D eigenvalue weighted by molar-refractivity contribution is -0.118. The number of amides is 1. The molecule has 2 aromatic rings. The van der Waals surface area contributed by atoms with Crippen LogP contribution in [-0.2, 0) is 4.79 Å². The van der Waals surface area contributed by atoms with Gasteiger partial charge < -0.3 is 20.9 Å². The van der Waals surface area contributed by atoms with Crippen LogP contribution in [0, 0.1) is 0 Å². The molecule has 0 spiro atoms. The second kappa shape index (κ2) is 6.38. The fraction of sp³-hybridized carbons (Fsp3) is 0.0714. The van der Waals surface area contributed by atoms with Crippen LogP contribution < -0.4 is 15.8 Å². The molecule has 7 heteroatoms. The first-order valence-corrected chi connectivity index (χ1v) is 6.02. The Morgan fingerprint density at radius 2 is 2.19 bits per heavy atom. The van der Waals surface area contributed by atoms with E-state index in [1.807, 2.05) is 0 Å². The molecule has 7 nitrogen and oxygen atoms in total. The largest absolute Gasteiger partial charge is 0.482 e. The maximum atomic E-state index is 10.8. The van der Waals surface area contributed by atoms with E-state index in [1.165, 1.54) is 18.5 Å². The number of benzene rings is 1. The molecule has 0 unspecified atom stereocenters. The van der Waals surface area contributed by atoms with Gasteiger partial charge in [0.1, 0.15) is 5.75 Å². The van der Waals surface area contributed by atoms with Crippen molar-refractivity contribution in [2.45, 2.75) is 0 Å². The van der Waals surface area contributed by atoms with E-state index in [0.717, 1.165) is 0 Å². The Hall–Kier alpha value is -3.09. The van der Waals surface area contributed by atoms with E-state index < -0.39 is 5.97 Å². The SMILES string of the molecule is Nc1ccc2c(c1)OCC(=O)N2.O=C(O)c1cccnc1. The fourth-order valence-corrected chi connectivity index (χ4v) is 1.58. The molecular formula is C14H13N3O4. The number of nitrogens with two attached hydrogens (primary N) is 1. The quantitative estimate of drug-likeness (QED) is 0.683. The summed E-state index contributed by atoms with van der Waals surface area (Å²) in [6, 6.07) is 8.21. The van der Waals surface area contributed by atoms with Crippen LogP contribution >= 0.6 is 0 Å². The number of hydrogen-bond donors (Lipinski definition) is 3. The zero-order chi connectivity index (χ0) is 15.2. The second-order valence-corrected chi connectivity index (χ2v) is 4.14. The molecule has 0 bridgehead atoms. The van der Waals surface area contributed by atoms with Gasteiger partial charge in [-0.15, -0.1) is 0 Å². The summed E-state index contributed by atoms with van der Waals surface area (Å²) in [6.45, 7) is 0.0659. The number of pyridine rings is 1. The zero-order valence-corrected chi connectivity index (χ0v) is 10.9. The highest BCUT2D eigenvalue weighted by atomic mass is 16.5. The number of aromatic carboxylic acids is 1. The minimum Gasteiger partial charge on any atom is -0.482 e. The van der Waals surface area contributed by atoms with Gasteiger partial charge in [-0.1, -0.05) is 0 Å². The zero-order valence-electron chi connectivity index (χ0n) is 10.9. The van der Waals surface area contributed by atoms with Gasteiger partial charge in [-0.2, -0.15) is 0 Å². The van der Waals surface area contributed by atoms with Crippen LogP contribution in [0.3, 0.4) is 0 Å². The first-order chi connectivity index (χ1) is 10.1. The van der Waals surface area contributed by atoms with Gasteiger partial charge >= 0.3 is 5.97 Å². The van der Waals surface area contributed by atoms with Gasteiger partial charge in [-0.05, 0) is 24.3 Å². The fourth-order valence-electron chi connectivity index (χ4n) is 1.58. The number of carbonyl (C=O) groups excluding carboxylic acids is 1. The number of aromatic nitrogens is 1. The highest BCUT2D eigenvalue weighted by molar-refractivity contribution is 5.95. The molecule has 108 valence electrons. The number of rotatable bonds is 1. The normalized spacial score (nSPS) is 12.1. The third-order valence-corrected chi connectivity index (χ3v) is 2.55. The molecule has 0 atom stereocenters. The molecule has 3 rings (SSSR count). The number of ether oxygens (including phenoxy) is 1. The monoisotopic (exact) mass is 287 g/mol. The van der Waals surface area contributed by atoms with Crippen molar-refractivity contribution >= 4 is 23.3 Å². The van der Waals surface area contributed by atoms with Gasteiger partial charge in [0.25, 0.3) is 5.91 Å². The van der Waals surface area contributed by atoms with Crippen molar-refractivity contribution in [3.63, 3.8) is 0 Å². The third kappa shape index (κ3) is 3.93. The number of hydrogen-bond acceptors (Lipinski definition) is 5. The standard InChI is InChI=1S/C8H8N2O2.C6H5NO2/c9-5-1-2-6-7(3-5)12-4-8(11)10-6;8-6(9)5-2-1-3-7-4-5/h1-3H,4,9H2,(H,10,11);1-4H,(H,8,9). The summed E-state index contributed by atoms with van der Waals surface area (Å²) in [7, 11) is 0. The van der Waals surface area contributed by atoms with Crippen LogP contribution in [0.1, 0.15) is 10.4 Å². The Labute approximate surface area is 120 Å². The van der Waals surface area contributed by atoms with Crippen molar-refractivity contribution in [3.05, 3.63) is 48.3 Å². The van der Waals surface area contributed by atoms with Gasteiger partial charge in [0.05, 0.1) is 11.3 Å². The van der Waals surface area contributed by atoms with Crippen LogP contribution in [-0.4, -0.2) is 28.6 Å². The first-order valence-electron chi connectivity index (χ1n) is 6.02. The summed E-state index contributed by atoms with van der Waals surface area (Å²) in [4.78, 5) is 24.6. The van der Waals surface area contributed by atoms with Crippen LogP contribution in [0.15, 0.2) is 42.7 Å². The summed E-state index contributed by atoms with van der Waals surface area (Å²) in [5.74, 6) is -0.440. The Kier molecular flexibility index (Phi) is 4.35. The molecule has 1 aliphatic rings. The second-order valence-electron chi connectivity index (χ2n) is 4.14. The van der Waals surface area contributed by atoms with Crippen molar-refractivity contribution < 1.29 is 19.4 Å². The van der Waals surface area contributed by atoms with Crippen molar-refractivity contribution in [1.82, 2.24) is 4.98 Å². The number of anilines is 2. The molecule has 0 saturated carbocycles.